The van der Waals surface area contributed by atoms with E-state index in [1.807, 2.05) is 18.2 Å². The maximum Gasteiger partial charge on any atom is 0.323 e. The first-order valence-electron chi connectivity index (χ1n) is 17.5. The van der Waals surface area contributed by atoms with Crippen molar-refractivity contribution in [3.63, 3.8) is 0 Å². The number of amides is 2. The number of rotatable bonds is 16. The maximum absolute atomic E-state index is 14.0. The lowest BCUT2D eigenvalue weighted by molar-refractivity contribution is -0.139. The third kappa shape index (κ3) is 10.6. The first kappa shape index (κ1) is 36.4. The number of carboxylic acids is 1. The van der Waals surface area contributed by atoms with Crippen molar-refractivity contribution >= 4 is 38.6 Å². The fourth-order valence-electron chi connectivity index (χ4n) is 6.90. The molecule has 0 aromatic heterocycles. The number of fused-ring (bicyclic) bond motifs is 1. The quantitative estimate of drug-likeness (QED) is 0.132. The summed E-state index contributed by atoms with van der Waals surface area (Å²) in [6.07, 6.45) is 7.74. The molecule has 12 heteroatoms. The fourth-order valence-corrected chi connectivity index (χ4v) is 8.13. The zero-order valence-electron chi connectivity index (χ0n) is 27.9. The molecule has 3 aromatic rings. The second-order valence-corrected chi connectivity index (χ2v) is 15.1. The van der Waals surface area contributed by atoms with Crippen LogP contribution in [0.3, 0.4) is 0 Å². The van der Waals surface area contributed by atoms with Gasteiger partial charge in [0.15, 0.2) is 0 Å². The highest BCUT2D eigenvalue weighted by molar-refractivity contribution is 7.89. The monoisotopic (exact) mass is 691 g/mol. The van der Waals surface area contributed by atoms with Crippen molar-refractivity contribution in [3.8, 4) is 0 Å². The third-order valence-corrected chi connectivity index (χ3v) is 11.4. The van der Waals surface area contributed by atoms with E-state index in [0.29, 0.717) is 22.8 Å². The number of piperidine rings is 2. The standard InChI is InChI=1S/C37H49N5O6S/c43-35(30(12-10-26-16-20-38-21-17-26)13-11-27-18-22-39-23-19-27)41-34(29-7-2-1-3-8-29)36(44)40-25-33(37(45)46)42-49(47,48)32-15-14-28-6-4-5-9-31(28)24-32/h1-9,14-15,24,26-27,30,33-34,38-39,42H,10-13,16-23,25H2,(H,40,44)(H,41,43)(H,45,46). The molecule has 11 nitrogen and oxygen atoms in total. The summed E-state index contributed by atoms with van der Waals surface area (Å²) in [7, 11) is -4.24. The van der Waals surface area contributed by atoms with Crippen molar-refractivity contribution in [2.24, 2.45) is 17.8 Å². The van der Waals surface area contributed by atoms with Gasteiger partial charge in [0.2, 0.25) is 21.8 Å². The predicted molar refractivity (Wildman–Crippen MR) is 189 cm³/mol. The lowest BCUT2D eigenvalue weighted by atomic mass is 9.84. The van der Waals surface area contributed by atoms with Gasteiger partial charge in [-0.3, -0.25) is 14.4 Å². The topological polar surface area (TPSA) is 166 Å². The Morgan fingerprint density at radius 1 is 0.755 bits per heavy atom. The Hall–Kier alpha value is -3.84. The van der Waals surface area contributed by atoms with Gasteiger partial charge in [-0.2, -0.15) is 4.72 Å². The first-order chi connectivity index (χ1) is 23.7. The van der Waals surface area contributed by atoms with Crippen molar-refractivity contribution in [1.82, 2.24) is 26.0 Å². The summed E-state index contributed by atoms with van der Waals surface area (Å²) in [5.74, 6) is -1.39. The van der Waals surface area contributed by atoms with Crippen LogP contribution in [-0.2, 0) is 24.4 Å². The minimum atomic E-state index is -4.24. The molecule has 0 spiro atoms. The average Bonchev–Trinajstić information content (AvgIpc) is 3.13. The van der Waals surface area contributed by atoms with Crippen molar-refractivity contribution in [2.45, 2.75) is 68.3 Å². The van der Waals surface area contributed by atoms with Gasteiger partial charge in [-0.1, -0.05) is 60.7 Å². The Balaban J connectivity index is 1.27. The van der Waals surface area contributed by atoms with Crippen LogP contribution in [0.5, 0.6) is 0 Å². The number of sulfonamides is 1. The second-order valence-electron chi connectivity index (χ2n) is 13.4. The summed E-state index contributed by atoms with van der Waals surface area (Å²) < 4.78 is 28.6. The molecule has 0 saturated carbocycles. The average molecular weight is 692 g/mol. The van der Waals surface area contributed by atoms with E-state index in [-0.39, 0.29) is 16.7 Å². The van der Waals surface area contributed by atoms with Gasteiger partial charge >= 0.3 is 5.97 Å². The minimum Gasteiger partial charge on any atom is -0.480 e. The zero-order valence-corrected chi connectivity index (χ0v) is 28.7. The molecule has 2 aliphatic rings. The molecule has 5 rings (SSSR count). The van der Waals surface area contributed by atoms with E-state index in [9.17, 15) is 27.9 Å². The molecule has 2 saturated heterocycles. The Labute approximate surface area is 289 Å². The highest BCUT2D eigenvalue weighted by Crippen LogP contribution is 2.28. The molecule has 2 unspecified atom stereocenters. The summed E-state index contributed by atoms with van der Waals surface area (Å²) in [4.78, 5) is 39.8. The summed E-state index contributed by atoms with van der Waals surface area (Å²) in [5.41, 5.74) is 0.549. The highest BCUT2D eigenvalue weighted by atomic mass is 32.2. The third-order valence-electron chi connectivity index (χ3n) is 9.92. The second kappa shape index (κ2) is 17.7. The van der Waals surface area contributed by atoms with Gasteiger partial charge in [0, 0.05) is 12.5 Å². The molecule has 2 aliphatic heterocycles. The van der Waals surface area contributed by atoms with Gasteiger partial charge < -0.3 is 26.4 Å². The minimum absolute atomic E-state index is 0.0850. The molecule has 264 valence electrons. The van der Waals surface area contributed by atoms with E-state index >= 15 is 0 Å². The first-order valence-corrected chi connectivity index (χ1v) is 19.0. The van der Waals surface area contributed by atoms with Gasteiger partial charge in [0.1, 0.15) is 12.1 Å². The largest absolute Gasteiger partial charge is 0.480 e. The number of benzene rings is 3. The van der Waals surface area contributed by atoms with E-state index in [2.05, 4.69) is 26.0 Å². The smallest absolute Gasteiger partial charge is 0.323 e. The predicted octanol–water partition coefficient (Wildman–Crippen LogP) is 3.72. The Bertz CT molecular complexity index is 1640. The Kier molecular flexibility index (Phi) is 13.2. The van der Waals surface area contributed by atoms with Crippen LogP contribution < -0.4 is 26.0 Å². The van der Waals surface area contributed by atoms with Gasteiger partial charge in [0.25, 0.3) is 0 Å². The molecular formula is C37H49N5O6S. The zero-order chi connectivity index (χ0) is 34.6. The molecule has 3 aromatic carbocycles. The van der Waals surface area contributed by atoms with Crippen LogP contribution >= 0.6 is 0 Å². The van der Waals surface area contributed by atoms with Gasteiger partial charge in [-0.25, -0.2) is 8.42 Å². The Morgan fingerprint density at radius 3 is 1.92 bits per heavy atom. The van der Waals surface area contributed by atoms with E-state index in [4.69, 9.17) is 0 Å². The normalized spacial score (nSPS) is 17.4. The summed E-state index contributed by atoms with van der Waals surface area (Å²) >= 11 is 0. The molecule has 2 heterocycles. The molecule has 0 bridgehead atoms. The molecule has 49 heavy (non-hydrogen) atoms. The number of hydrogen-bond donors (Lipinski definition) is 6. The molecule has 0 aliphatic carbocycles. The van der Waals surface area contributed by atoms with Crippen LogP contribution in [0.2, 0.25) is 0 Å². The van der Waals surface area contributed by atoms with E-state index in [1.165, 1.54) is 12.1 Å². The SMILES string of the molecule is O=C(NC(C(=O)NCC(NS(=O)(=O)c1ccc2ccccc2c1)C(=O)O)c1ccccc1)C(CCC1CCNCC1)CCC1CCNCC1. The van der Waals surface area contributed by atoms with Crippen LogP contribution in [0.4, 0.5) is 0 Å². The number of hydrogen-bond acceptors (Lipinski definition) is 7. The Morgan fingerprint density at radius 2 is 1.33 bits per heavy atom. The fraction of sp³-hybridized carbons (Fsp3) is 0.486. The summed E-state index contributed by atoms with van der Waals surface area (Å²) in [5, 5.41) is 23.8. The number of aliphatic carboxylic acids is 1. The van der Waals surface area contributed by atoms with Gasteiger partial charge in [0.05, 0.1) is 4.90 Å². The van der Waals surface area contributed by atoms with E-state index in [1.54, 1.807) is 42.5 Å². The number of carbonyl (C=O) groups excluding carboxylic acids is 2. The highest BCUT2D eigenvalue weighted by Gasteiger charge is 2.31. The van der Waals surface area contributed by atoms with Gasteiger partial charge in [-0.15, -0.1) is 0 Å². The van der Waals surface area contributed by atoms with Crippen molar-refractivity contribution in [2.75, 3.05) is 32.7 Å². The molecular weight excluding hydrogens is 643 g/mol. The van der Waals surface area contributed by atoms with Crippen molar-refractivity contribution in [1.29, 1.82) is 0 Å². The van der Waals surface area contributed by atoms with Crippen LogP contribution in [0.15, 0.2) is 77.7 Å². The molecule has 0 radical (unpaired) electrons. The number of carbonyl (C=O) groups is 3. The lowest BCUT2D eigenvalue weighted by Crippen LogP contribution is -2.50. The maximum atomic E-state index is 14.0. The van der Waals surface area contributed by atoms with Crippen LogP contribution in [0.25, 0.3) is 10.8 Å². The molecule has 2 fully saturated rings. The molecule has 2 atom stereocenters. The van der Waals surface area contributed by atoms with Crippen molar-refractivity contribution in [3.05, 3.63) is 78.4 Å². The van der Waals surface area contributed by atoms with E-state index < -0.39 is 40.5 Å². The van der Waals surface area contributed by atoms with Crippen LogP contribution in [0.1, 0.15) is 63.0 Å². The van der Waals surface area contributed by atoms with Crippen LogP contribution in [-0.4, -0.2) is 70.1 Å². The van der Waals surface area contributed by atoms with Crippen molar-refractivity contribution < 1.29 is 27.9 Å². The van der Waals surface area contributed by atoms with Gasteiger partial charge in [-0.05, 0) is 118 Å². The summed E-state index contributed by atoms with van der Waals surface area (Å²) in [6, 6.07) is 17.9. The number of nitrogens with one attached hydrogen (secondary N) is 5. The number of carboxylic acid groups (broad SMARTS) is 1. The molecule has 6 N–H and O–H groups in total. The van der Waals surface area contributed by atoms with E-state index in [0.717, 1.165) is 82.9 Å². The van der Waals surface area contributed by atoms with Crippen LogP contribution in [0, 0.1) is 17.8 Å². The lowest BCUT2D eigenvalue weighted by Gasteiger charge is -2.28. The molecule has 2 amide bonds. The summed E-state index contributed by atoms with van der Waals surface area (Å²) in [6.45, 7) is 3.44.